The molecule has 0 unspecified atom stereocenters. The maximum absolute atomic E-state index is 11.6. The number of methoxy groups -OCH3 is 1. The molecule has 22 heavy (non-hydrogen) atoms. The third kappa shape index (κ3) is 5.13. The average molecular weight is 300 g/mol. The lowest BCUT2D eigenvalue weighted by molar-refractivity contribution is -0.141. The van der Waals surface area contributed by atoms with Crippen LogP contribution in [-0.2, 0) is 14.3 Å². The van der Waals surface area contributed by atoms with Crippen molar-refractivity contribution in [2.24, 2.45) is 5.73 Å². The predicted octanol–water partition coefficient (Wildman–Crippen LogP) is 1.58. The fourth-order valence-electron chi connectivity index (χ4n) is 1.54. The van der Waals surface area contributed by atoms with Crippen molar-refractivity contribution in [3.05, 3.63) is 47.2 Å². The summed E-state index contributed by atoms with van der Waals surface area (Å²) >= 11 is 0. The van der Waals surface area contributed by atoms with Gasteiger partial charge in [-0.2, -0.15) is 5.26 Å². The highest BCUT2D eigenvalue weighted by molar-refractivity contribution is 6.01. The molecule has 0 bridgehead atoms. The minimum Gasteiger partial charge on any atom is -0.497 e. The molecule has 1 aromatic rings. The summed E-state index contributed by atoms with van der Waals surface area (Å²) in [6.45, 7) is 0.902. The number of hydrogen-bond acceptors (Lipinski definition) is 6. The second-order valence-electron chi connectivity index (χ2n) is 4.31. The number of allylic oxidation sites excluding steroid dienone is 1. The van der Waals surface area contributed by atoms with E-state index in [9.17, 15) is 9.59 Å². The number of ether oxygens (including phenoxy) is 2. The van der Waals surface area contributed by atoms with Crippen molar-refractivity contribution in [2.75, 3.05) is 13.7 Å². The van der Waals surface area contributed by atoms with E-state index < -0.39 is 18.4 Å². The van der Waals surface area contributed by atoms with Gasteiger partial charge in [-0.1, -0.05) is 12.1 Å². The molecule has 114 valence electrons. The van der Waals surface area contributed by atoms with Gasteiger partial charge in [0, 0.05) is 11.8 Å². The maximum Gasteiger partial charge on any atom is 0.331 e. The molecule has 6 heteroatoms. The summed E-state index contributed by atoms with van der Waals surface area (Å²) in [7, 11) is 1.54. The first kappa shape index (κ1) is 17.0. The first-order valence-electron chi connectivity index (χ1n) is 6.36. The van der Waals surface area contributed by atoms with Gasteiger partial charge in [0.25, 0.3) is 0 Å². The zero-order valence-electron chi connectivity index (χ0n) is 12.3. The van der Waals surface area contributed by atoms with Crippen molar-refractivity contribution < 1.29 is 19.1 Å². The third-order valence-electron chi connectivity index (χ3n) is 2.64. The molecule has 0 saturated heterocycles. The van der Waals surface area contributed by atoms with Gasteiger partial charge < -0.3 is 15.2 Å². The lowest BCUT2D eigenvalue weighted by Gasteiger charge is -2.02. The monoisotopic (exact) mass is 300 g/mol. The lowest BCUT2D eigenvalue weighted by Crippen LogP contribution is -2.16. The smallest absolute Gasteiger partial charge is 0.331 e. The number of carbonyl (C=O) groups excluding carboxylic acids is 2. The number of hydrogen-bond donors (Lipinski definition) is 1. The summed E-state index contributed by atoms with van der Waals surface area (Å²) in [5.41, 5.74) is 6.02. The second kappa shape index (κ2) is 8.27. The van der Waals surface area contributed by atoms with Gasteiger partial charge >= 0.3 is 5.97 Å². The van der Waals surface area contributed by atoms with Gasteiger partial charge in [-0.3, -0.25) is 4.79 Å². The summed E-state index contributed by atoms with van der Waals surface area (Å²) in [6.07, 6.45) is 2.72. The van der Waals surface area contributed by atoms with E-state index in [0.29, 0.717) is 5.75 Å². The zero-order chi connectivity index (χ0) is 16.5. The summed E-state index contributed by atoms with van der Waals surface area (Å²) in [5.74, 6) is -0.665. The summed E-state index contributed by atoms with van der Waals surface area (Å²) < 4.78 is 9.83. The molecule has 0 amide bonds. The summed E-state index contributed by atoms with van der Waals surface area (Å²) in [5, 5.41) is 8.76. The lowest BCUT2D eigenvalue weighted by atomic mass is 10.1. The Morgan fingerprint density at radius 2 is 2.14 bits per heavy atom. The molecule has 0 aliphatic rings. The maximum atomic E-state index is 11.6. The number of nitrogens with zero attached hydrogens (tertiary/aromatic N) is 1. The SMILES string of the molecule is COc1cccc(C=CC(=O)OCC(=O)C(C#N)=C(C)N)c1. The summed E-state index contributed by atoms with van der Waals surface area (Å²) in [4.78, 5) is 23.1. The van der Waals surface area contributed by atoms with Crippen LogP contribution in [0.25, 0.3) is 6.08 Å². The fraction of sp³-hybridized carbons (Fsp3) is 0.188. The van der Waals surface area contributed by atoms with E-state index in [2.05, 4.69) is 0 Å². The Labute approximate surface area is 128 Å². The molecule has 0 aliphatic carbocycles. The molecule has 0 spiro atoms. The first-order valence-corrected chi connectivity index (χ1v) is 6.36. The molecule has 6 nitrogen and oxygen atoms in total. The number of ketones is 1. The predicted molar refractivity (Wildman–Crippen MR) is 80.5 cm³/mol. The van der Waals surface area contributed by atoms with Crippen molar-refractivity contribution in [3.63, 3.8) is 0 Å². The number of nitrogens with two attached hydrogens (primary N) is 1. The van der Waals surface area contributed by atoms with Gasteiger partial charge in [-0.25, -0.2) is 4.79 Å². The van der Waals surface area contributed by atoms with Gasteiger partial charge in [0.2, 0.25) is 5.78 Å². The highest BCUT2D eigenvalue weighted by Gasteiger charge is 2.13. The summed E-state index contributed by atoms with van der Waals surface area (Å²) in [6, 6.07) is 8.76. The van der Waals surface area contributed by atoms with E-state index >= 15 is 0 Å². The molecule has 0 heterocycles. The standard InChI is InChI=1S/C16H16N2O4/c1-11(18)14(9-17)15(19)10-22-16(20)7-6-12-4-3-5-13(8-12)21-2/h3-8H,10,18H2,1-2H3. The fourth-order valence-corrected chi connectivity index (χ4v) is 1.54. The Balaban J connectivity index is 2.60. The van der Waals surface area contributed by atoms with Crippen molar-refractivity contribution in [1.82, 2.24) is 0 Å². The van der Waals surface area contributed by atoms with Crippen LogP contribution in [-0.4, -0.2) is 25.5 Å². The van der Waals surface area contributed by atoms with Crippen LogP contribution in [0.15, 0.2) is 41.6 Å². The Bertz CT molecular complexity index is 665. The highest BCUT2D eigenvalue weighted by atomic mass is 16.5. The molecule has 0 aliphatic heterocycles. The van der Waals surface area contributed by atoms with Crippen LogP contribution in [0.2, 0.25) is 0 Å². The molecule has 1 aromatic carbocycles. The van der Waals surface area contributed by atoms with Gasteiger partial charge in [-0.05, 0) is 30.7 Å². The third-order valence-corrected chi connectivity index (χ3v) is 2.64. The molecule has 0 radical (unpaired) electrons. The van der Waals surface area contributed by atoms with E-state index in [0.717, 1.165) is 5.56 Å². The normalized spacial score (nSPS) is 11.5. The highest BCUT2D eigenvalue weighted by Crippen LogP contribution is 2.13. The minimum atomic E-state index is -0.692. The minimum absolute atomic E-state index is 0.0930. The van der Waals surface area contributed by atoms with E-state index in [1.165, 1.54) is 19.1 Å². The number of rotatable bonds is 6. The van der Waals surface area contributed by atoms with Gasteiger partial charge in [-0.15, -0.1) is 0 Å². The van der Waals surface area contributed by atoms with Crippen LogP contribution in [0.5, 0.6) is 5.75 Å². The average Bonchev–Trinajstić information content (AvgIpc) is 2.51. The Kier molecular flexibility index (Phi) is 6.38. The topological polar surface area (TPSA) is 102 Å². The Morgan fingerprint density at radius 3 is 2.73 bits per heavy atom. The van der Waals surface area contributed by atoms with Crippen molar-refractivity contribution >= 4 is 17.8 Å². The zero-order valence-corrected chi connectivity index (χ0v) is 12.3. The number of Topliss-reactive ketones (excluding diaryl/α,β-unsaturated/α-hetero) is 1. The van der Waals surface area contributed by atoms with E-state index in [4.69, 9.17) is 20.5 Å². The molecule has 1 rings (SSSR count). The molecular formula is C16H16N2O4. The van der Waals surface area contributed by atoms with Crippen LogP contribution in [0.1, 0.15) is 12.5 Å². The van der Waals surface area contributed by atoms with Crippen LogP contribution in [0, 0.1) is 11.3 Å². The van der Waals surface area contributed by atoms with Crippen LogP contribution >= 0.6 is 0 Å². The van der Waals surface area contributed by atoms with Crippen LogP contribution in [0.3, 0.4) is 0 Å². The number of esters is 1. The Hall–Kier alpha value is -3.07. The molecule has 2 N–H and O–H groups in total. The van der Waals surface area contributed by atoms with Gasteiger partial charge in [0.1, 0.15) is 17.4 Å². The molecule has 0 fully saturated rings. The molecule has 0 atom stereocenters. The number of benzene rings is 1. The Morgan fingerprint density at radius 1 is 1.41 bits per heavy atom. The van der Waals surface area contributed by atoms with Gasteiger partial charge in [0.15, 0.2) is 6.61 Å². The van der Waals surface area contributed by atoms with E-state index in [1.807, 2.05) is 0 Å². The molecule has 0 aromatic heterocycles. The second-order valence-corrected chi connectivity index (χ2v) is 4.31. The molecular weight excluding hydrogens is 284 g/mol. The van der Waals surface area contributed by atoms with Crippen LogP contribution in [0.4, 0.5) is 0 Å². The first-order chi connectivity index (χ1) is 10.5. The van der Waals surface area contributed by atoms with E-state index in [1.54, 1.807) is 37.4 Å². The largest absolute Gasteiger partial charge is 0.497 e. The van der Waals surface area contributed by atoms with Crippen molar-refractivity contribution in [3.8, 4) is 11.8 Å². The van der Waals surface area contributed by atoms with Crippen molar-refractivity contribution in [2.45, 2.75) is 6.92 Å². The number of nitriles is 1. The van der Waals surface area contributed by atoms with Crippen molar-refractivity contribution in [1.29, 1.82) is 5.26 Å². The van der Waals surface area contributed by atoms with E-state index in [-0.39, 0.29) is 11.3 Å². The molecule has 0 saturated carbocycles. The van der Waals surface area contributed by atoms with Gasteiger partial charge in [0.05, 0.1) is 7.11 Å². The number of carbonyl (C=O) groups is 2. The van der Waals surface area contributed by atoms with Crippen LogP contribution < -0.4 is 10.5 Å². The quantitative estimate of drug-likeness (QED) is 0.486.